The molecule has 1 aliphatic heterocycles. The lowest BCUT2D eigenvalue weighted by molar-refractivity contribution is -0.137. The Labute approximate surface area is 226 Å². The predicted molar refractivity (Wildman–Crippen MR) is 147 cm³/mol. The van der Waals surface area contributed by atoms with Gasteiger partial charge in [-0.1, -0.05) is 48.6 Å². The molecule has 39 heavy (non-hydrogen) atoms. The maximum atomic E-state index is 13.8. The number of hydrogen-bond donors (Lipinski definition) is 2. The third kappa shape index (κ3) is 4.95. The molecule has 3 unspecified atom stereocenters. The summed E-state index contributed by atoms with van der Waals surface area (Å²) in [4.78, 5) is 40.5. The molecular formula is C32H29NO6. The Hall–Kier alpha value is -4.65. The number of para-hydroxylation sites is 1. The van der Waals surface area contributed by atoms with Crippen molar-refractivity contribution in [3.63, 3.8) is 0 Å². The molecule has 0 aromatic heterocycles. The van der Waals surface area contributed by atoms with E-state index in [4.69, 9.17) is 4.74 Å². The molecule has 2 aliphatic rings. The average Bonchev–Trinajstić information content (AvgIpc) is 2.91. The number of anilines is 1. The first kappa shape index (κ1) is 26.0. The number of ether oxygens (including phenoxy) is 1. The number of aromatic hydroxyl groups is 1. The van der Waals surface area contributed by atoms with Crippen LogP contribution in [0.1, 0.15) is 38.5 Å². The van der Waals surface area contributed by atoms with E-state index in [2.05, 4.69) is 4.90 Å². The van der Waals surface area contributed by atoms with Crippen molar-refractivity contribution in [2.24, 2.45) is 5.92 Å². The zero-order valence-electron chi connectivity index (χ0n) is 21.9. The molecular weight excluding hydrogens is 494 g/mol. The number of rotatable bonds is 6. The van der Waals surface area contributed by atoms with Crippen LogP contribution in [0.4, 0.5) is 5.69 Å². The Morgan fingerprint density at radius 1 is 0.974 bits per heavy atom. The number of nitrogens with zero attached hydrogens (tertiary/aromatic N) is 1. The number of phenols is 1. The van der Waals surface area contributed by atoms with Crippen LogP contribution in [0.15, 0.2) is 84.5 Å². The summed E-state index contributed by atoms with van der Waals surface area (Å²) in [5.74, 6) is -1.92. The van der Waals surface area contributed by atoms with E-state index in [1.165, 1.54) is 12.1 Å². The number of phenolic OH excluding ortho intramolecular Hbond substituents is 1. The second kappa shape index (κ2) is 10.3. The van der Waals surface area contributed by atoms with Crippen LogP contribution >= 0.6 is 0 Å². The van der Waals surface area contributed by atoms with Crippen molar-refractivity contribution in [2.75, 3.05) is 11.9 Å². The van der Waals surface area contributed by atoms with E-state index < -0.39 is 17.9 Å². The number of hydrogen-bond acceptors (Lipinski definition) is 6. The molecule has 0 fully saturated rings. The Morgan fingerprint density at radius 3 is 2.31 bits per heavy atom. The number of allylic oxidation sites excluding steroid dienone is 2. The third-order valence-corrected chi connectivity index (χ3v) is 7.51. The molecule has 198 valence electrons. The van der Waals surface area contributed by atoms with Gasteiger partial charge in [-0.2, -0.15) is 0 Å². The highest BCUT2D eigenvalue weighted by Gasteiger charge is 2.44. The van der Waals surface area contributed by atoms with Crippen molar-refractivity contribution in [3.8, 4) is 11.5 Å². The molecule has 2 N–H and O–H groups in total. The van der Waals surface area contributed by atoms with Crippen LogP contribution in [-0.4, -0.2) is 41.0 Å². The van der Waals surface area contributed by atoms with Crippen LogP contribution in [0.2, 0.25) is 0 Å². The van der Waals surface area contributed by atoms with Gasteiger partial charge in [0.2, 0.25) is 0 Å². The number of carboxylic acids is 1. The van der Waals surface area contributed by atoms with E-state index in [9.17, 15) is 24.6 Å². The van der Waals surface area contributed by atoms with E-state index in [-0.39, 0.29) is 35.5 Å². The Kier molecular flexibility index (Phi) is 6.83. The minimum absolute atomic E-state index is 0.0495. The highest BCUT2D eigenvalue weighted by atomic mass is 16.5. The lowest BCUT2D eigenvalue weighted by atomic mass is 9.73. The molecule has 0 spiro atoms. The van der Waals surface area contributed by atoms with Crippen LogP contribution in [0.25, 0.3) is 0 Å². The molecule has 0 saturated heterocycles. The summed E-state index contributed by atoms with van der Waals surface area (Å²) in [6, 6.07) is 17.0. The molecule has 5 rings (SSSR count). The summed E-state index contributed by atoms with van der Waals surface area (Å²) >= 11 is 0. The molecule has 1 heterocycles. The van der Waals surface area contributed by atoms with Gasteiger partial charge in [0.15, 0.2) is 5.78 Å². The predicted octanol–water partition coefficient (Wildman–Crippen LogP) is 5.14. The average molecular weight is 524 g/mol. The fourth-order valence-corrected chi connectivity index (χ4v) is 5.57. The summed E-state index contributed by atoms with van der Waals surface area (Å²) in [7, 11) is 1.95. The molecule has 0 amide bonds. The summed E-state index contributed by atoms with van der Waals surface area (Å²) in [6.45, 7) is 3.45. The normalized spacial score (nSPS) is 19.5. The van der Waals surface area contributed by atoms with Gasteiger partial charge in [0, 0.05) is 30.6 Å². The van der Waals surface area contributed by atoms with Gasteiger partial charge >= 0.3 is 11.9 Å². The van der Waals surface area contributed by atoms with E-state index >= 15 is 0 Å². The Morgan fingerprint density at radius 2 is 1.64 bits per heavy atom. The van der Waals surface area contributed by atoms with Gasteiger partial charge in [-0.15, -0.1) is 0 Å². The van der Waals surface area contributed by atoms with Gasteiger partial charge < -0.3 is 19.8 Å². The van der Waals surface area contributed by atoms with Gasteiger partial charge in [-0.05, 0) is 66.4 Å². The number of carbonyl (C=O) groups excluding carboxylic acids is 2. The number of aromatic carboxylic acids is 1. The van der Waals surface area contributed by atoms with Crippen LogP contribution in [0, 0.1) is 19.8 Å². The smallest absolute Gasteiger partial charge is 0.335 e. The van der Waals surface area contributed by atoms with Gasteiger partial charge in [0.25, 0.3) is 0 Å². The number of likely N-dealkylation sites (N-methyl/N-ethyl adjacent to an activating group) is 1. The van der Waals surface area contributed by atoms with E-state index in [1.54, 1.807) is 44.2 Å². The molecule has 1 aliphatic carbocycles. The highest BCUT2D eigenvalue weighted by Crippen LogP contribution is 2.45. The number of carbonyl (C=O) groups is 3. The fourth-order valence-electron chi connectivity index (χ4n) is 5.57. The standard InChI is InChI=1S/C32H29NO6/c1-18-14-22(31(36)37)15-19(2)30(18)39-32(38)29-24-6-4-5-7-26(24)33(3)27-17-21(10-13-25(27)29)28(35)16-20-8-11-23(34)12-9-20/h4-15,17,25,27,29,34H,16H2,1-3H3,(H,36,37). The molecule has 3 aromatic rings. The van der Waals surface area contributed by atoms with E-state index in [1.807, 2.05) is 43.5 Å². The first-order chi connectivity index (χ1) is 18.6. The van der Waals surface area contributed by atoms with Gasteiger partial charge in [0.05, 0.1) is 17.5 Å². The number of fused-ring (bicyclic) bond motifs is 2. The topological polar surface area (TPSA) is 104 Å². The van der Waals surface area contributed by atoms with E-state index in [0.29, 0.717) is 22.4 Å². The molecule has 3 aromatic carbocycles. The fraction of sp³-hybridized carbons (Fsp3) is 0.219. The summed E-state index contributed by atoms with van der Waals surface area (Å²) in [5.41, 5.74) is 4.36. The number of aryl methyl sites for hydroxylation is 2. The van der Waals surface area contributed by atoms with E-state index in [0.717, 1.165) is 16.8 Å². The molecule has 7 heteroatoms. The lowest BCUT2D eigenvalue weighted by Crippen LogP contribution is -2.47. The van der Waals surface area contributed by atoms with Crippen molar-refractivity contribution in [1.82, 2.24) is 0 Å². The molecule has 0 radical (unpaired) electrons. The zero-order valence-corrected chi connectivity index (χ0v) is 21.9. The third-order valence-electron chi connectivity index (χ3n) is 7.51. The second-order valence-electron chi connectivity index (χ2n) is 10.1. The largest absolute Gasteiger partial charge is 0.508 e. The van der Waals surface area contributed by atoms with Gasteiger partial charge in [0.1, 0.15) is 11.5 Å². The molecule has 0 bridgehead atoms. The SMILES string of the molecule is Cc1cc(C(=O)O)cc(C)c1OC(=O)C1c2ccccc2N(C)C2C=C(C(=O)Cc3ccc(O)cc3)C=CC12. The monoisotopic (exact) mass is 523 g/mol. The maximum absolute atomic E-state index is 13.8. The lowest BCUT2D eigenvalue weighted by Gasteiger charge is -2.44. The van der Waals surface area contributed by atoms with Crippen LogP contribution in [-0.2, 0) is 16.0 Å². The zero-order chi connectivity index (χ0) is 27.8. The second-order valence-corrected chi connectivity index (χ2v) is 10.1. The summed E-state index contributed by atoms with van der Waals surface area (Å²) < 4.78 is 5.96. The number of esters is 1. The van der Waals surface area contributed by atoms with Crippen LogP contribution in [0.3, 0.4) is 0 Å². The maximum Gasteiger partial charge on any atom is 0.335 e. The Balaban J connectivity index is 1.46. The van der Waals surface area contributed by atoms with Crippen molar-refractivity contribution in [1.29, 1.82) is 0 Å². The summed E-state index contributed by atoms with van der Waals surface area (Å²) in [5, 5.41) is 18.9. The van der Waals surface area contributed by atoms with Crippen LogP contribution < -0.4 is 9.64 Å². The highest BCUT2D eigenvalue weighted by molar-refractivity contribution is 6.00. The first-order valence-electron chi connectivity index (χ1n) is 12.7. The van der Waals surface area contributed by atoms with Crippen molar-refractivity contribution < 1.29 is 29.3 Å². The quantitative estimate of drug-likeness (QED) is 0.341. The molecule has 7 nitrogen and oxygen atoms in total. The molecule has 0 saturated carbocycles. The first-order valence-corrected chi connectivity index (χ1v) is 12.7. The number of carboxylic acid groups (broad SMARTS) is 1. The number of Topliss-reactive ketones (excluding diaryl/α,β-unsaturated/α-hetero) is 1. The van der Waals surface area contributed by atoms with Crippen LogP contribution in [0.5, 0.6) is 11.5 Å². The van der Waals surface area contributed by atoms with Crippen molar-refractivity contribution in [3.05, 3.63) is 112 Å². The summed E-state index contributed by atoms with van der Waals surface area (Å²) in [6.07, 6.45) is 5.82. The number of ketones is 1. The minimum atomic E-state index is -1.04. The van der Waals surface area contributed by atoms with Crippen molar-refractivity contribution >= 4 is 23.4 Å². The number of benzene rings is 3. The Bertz CT molecular complexity index is 1510. The minimum Gasteiger partial charge on any atom is -0.508 e. The molecule has 3 atom stereocenters. The van der Waals surface area contributed by atoms with Gasteiger partial charge in [-0.25, -0.2) is 4.79 Å². The van der Waals surface area contributed by atoms with Crippen molar-refractivity contribution in [2.45, 2.75) is 32.2 Å². The van der Waals surface area contributed by atoms with Gasteiger partial charge in [-0.3, -0.25) is 9.59 Å².